The second kappa shape index (κ2) is 11.4. The van der Waals surface area contributed by atoms with Crippen molar-refractivity contribution in [2.24, 2.45) is 17.8 Å². The predicted octanol–water partition coefficient (Wildman–Crippen LogP) is 2.66. The molecule has 1 saturated heterocycles. The minimum absolute atomic E-state index is 0.0353. The van der Waals surface area contributed by atoms with Gasteiger partial charge in [0.2, 0.25) is 5.91 Å². The summed E-state index contributed by atoms with van der Waals surface area (Å²) < 4.78 is 10.9. The molecule has 6 heteroatoms. The Kier molecular flexibility index (Phi) is 8.36. The average Bonchev–Trinajstić information content (AvgIpc) is 3.32. The maximum absolute atomic E-state index is 12.2. The Bertz CT molecular complexity index is 860. The van der Waals surface area contributed by atoms with E-state index in [9.17, 15) is 15.0 Å². The number of aliphatic hydroxyl groups excluding tert-OH is 2. The van der Waals surface area contributed by atoms with E-state index < -0.39 is 6.10 Å². The van der Waals surface area contributed by atoms with E-state index >= 15 is 0 Å². The standard InChI is InChI=1S/C27H37NO5/c1-19-3-2-4-20(13-19)15-23(29)5-6-24-25-16-21(14-22(25)17-26(24)30)7-10-33-18-27(31)28-8-11-32-12-9-28/h2-6,13-14,22-26,29-30H,7-12,15-18H2,1H3/t22-,23+,24+,25-,26+/m0/s1. The average molecular weight is 456 g/mol. The zero-order valence-electron chi connectivity index (χ0n) is 19.6. The number of morpholine rings is 1. The molecule has 1 aromatic rings. The molecule has 0 unspecified atom stereocenters. The summed E-state index contributed by atoms with van der Waals surface area (Å²) in [4.78, 5) is 14.0. The van der Waals surface area contributed by atoms with Crippen molar-refractivity contribution < 1.29 is 24.5 Å². The van der Waals surface area contributed by atoms with Gasteiger partial charge in [0.15, 0.2) is 0 Å². The summed E-state index contributed by atoms with van der Waals surface area (Å²) in [6, 6.07) is 8.20. The van der Waals surface area contributed by atoms with Crippen LogP contribution in [0.3, 0.4) is 0 Å². The van der Waals surface area contributed by atoms with Gasteiger partial charge in [0.05, 0.1) is 32.0 Å². The molecule has 0 aromatic heterocycles. The summed E-state index contributed by atoms with van der Waals surface area (Å²) in [7, 11) is 0. The molecule has 6 nitrogen and oxygen atoms in total. The SMILES string of the molecule is Cc1cccc(C[C@H](O)C=C[C@@H]2[C@H]3CC(CCOCC(=O)N4CCOCC4)=C[C@H]3C[C@H]2O)c1. The molecular formula is C27H37NO5. The number of carbonyl (C=O) groups excluding carboxylic acids is 1. The molecule has 0 spiro atoms. The van der Waals surface area contributed by atoms with E-state index in [4.69, 9.17) is 9.47 Å². The number of nitrogens with zero attached hydrogens (tertiary/aromatic N) is 1. The number of carbonyl (C=O) groups is 1. The van der Waals surface area contributed by atoms with Gasteiger partial charge in [-0.2, -0.15) is 0 Å². The van der Waals surface area contributed by atoms with Crippen LogP contribution < -0.4 is 0 Å². The van der Waals surface area contributed by atoms with Gasteiger partial charge in [-0.3, -0.25) is 4.79 Å². The van der Waals surface area contributed by atoms with Gasteiger partial charge < -0.3 is 24.6 Å². The number of allylic oxidation sites excluding steroid dienone is 1. The molecule has 2 N–H and O–H groups in total. The maximum Gasteiger partial charge on any atom is 0.248 e. The molecule has 5 atom stereocenters. The maximum atomic E-state index is 12.2. The number of aryl methyl sites for hydroxylation is 1. The minimum Gasteiger partial charge on any atom is -0.392 e. The van der Waals surface area contributed by atoms with Gasteiger partial charge in [-0.1, -0.05) is 53.6 Å². The van der Waals surface area contributed by atoms with Crippen LogP contribution in [0.1, 0.15) is 30.4 Å². The van der Waals surface area contributed by atoms with Crippen LogP contribution in [-0.2, 0) is 20.7 Å². The highest BCUT2D eigenvalue weighted by atomic mass is 16.5. The molecule has 3 aliphatic rings. The van der Waals surface area contributed by atoms with Crippen molar-refractivity contribution in [1.29, 1.82) is 0 Å². The highest BCUT2D eigenvalue weighted by Crippen LogP contribution is 2.47. The van der Waals surface area contributed by atoms with Gasteiger partial charge in [-0.05, 0) is 43.6 Å². The van der Waals surface area contributed by atoms with Crippen molar-refractivity contribution in [2.45, 2.75) is 44.8 Å². The van der Waals surface area contributed by atoms with Crippen LogP contribution in [0.4, 0.5) is 0 Å². The summed E-state index contributed by atoms with van der Waals surface area (Å²) in [6.07, 6.45) is 8.41. The first-order chi connectivity index (χ1) is 16.0. The van der Waals surface area contributed by atoms with E-state index in [-0.39, 0.29) is 24.5 Å². The second-order valence-electron chi connectivity index (χ2n) is 9.68. The third-order valence-corrected chi connectivity index (χ3v) is 7.19. The van der Waals surface area contributed by atoms with E-state index in [0.29, 0.717) is 51.2 Å². The highest BCUT2D eigenvalue weighted by molar-refractivity contribution is 5.77. The van der Waals surface area contributed by atoms with Gasteiger partial charge in [-0.25, -0.2) is 0 Å². The van der Waals surface area contributed by atoms with Gasteiger partial charge in [-0.15, -0.1) is 0 Å². The number of rotatable bonds is 9. The third-order valence-electron chi connectivity index (χ3n) is 7.19. The Labute approximate surface area is 196 Å². The molecule has 1 heterocycles. The van der Waals surface area contributed by atoms with Crippen LogP contribution in [0.5, 0.6) is 0 Å². The topological polar surface area (TPSA) is 79.2 Å². The number of hydrogen-bond donors (Lipinski definition) is 2. The van der Waals surface area contributed by atoms with Gasteiger partial charge in [0.1, 0.15) is 6.61 Å². The van der Waals surface area contributed by atoms with Crippen LogP contribution in [0.15, 0.2) is 48.1 Å². The van der Waals surface area contributed by atoms with Crippen LogP contribution in [0.25, 0.3) is 0 Å². The summed E-state index contributed by atoms with van der Waals surface area (Å²) in [5.41, 5.74) is 3.67. The first kappa shape index (κ1) is 24.1. The van der Waals surface area contributed by atoms with Crippen molar-refractivity contribution in [2.75, 3.05) is 39.5 Å². The summed E-state index contributed by atoms with van der Waals surface area (Å²) in [5, 5.41) is 21.1. The Morgan fingerprint density at radius 2 is 2.15 bits per heavy atom. The molecule has 0 radical (unpaired) electrons. The lowest BCUT2D eigenvalue weighted by molar-refractivity contribution is -0.140. The number of ether oxygens (including phenoxy) is 2. The summed E-state index contributed by atoms with van der Waals surface area (Å²) >= 11 is 0. The van der Waals surface area contributed by atoms with Gasteiger partial charge >= 0.3 is 0 Å². The van der Waals surface area contributed by atoms with Crippen LogP contribution in [0.2, 0.25) is 0 Å². The van der Waals surface area contributed by atoms with E-state index in [1.807, 2.05) is 24.3 Å². The Morgan fingerprint density at radius 3 is 2.94 bits per heavy atom. The lowest BCUT2D eigenvalue weighted by Crippen LogP contribution is -2.42. The molecule has 4 rings (SSSR count). The molecule has 2 fully saturated rings. The number of aliphatic hydroxyl groups is 2. The molecule has 180 valence electrons. The first-order valence-electron chi connectivity index (χ1n) is 12.2. The predicted molar refractivity (Wildman–Crippen MR) is 127 cm³/mol. The quantitative estimate of drug-likeness (QED) is 0.442. The molecule has 2 aliphatic carbocycles. The van der Waals surface area contributed by atoms with E-state index in [2.05, 4.69) is 25.1 Å². The zero-order valence-corrected chi connectivity index (χ0v) is 19.6. The van der Waals surface area contributed by atoms with Crippen LogP contribution in [-0.4, -0.2) is 72.7 Å². The molecule has 0 bridgehead atoms. The second-order valence-corrected chi connectivity index (χ2v) is 9.68. The smallest absolute Gasteiger partial charge is 0.248 e. The van der Waals surface area contributed by atoms with Crippen LogP contribution >= 0.6 is 0 Å². The molecule has 33 heavy (non-hydrogen) atoms. The number of amides is 1. The van der Waals surface area contributed by atoms with E-state index in [1.54, 1.807) is 4.90 Å². The largest absolute Gasteiger partial charge is 0.392 e. The fraction of sp³-hybridized carbons (Fsp3) is 0.593. The normalized spacial score (nSPS) is 28.2. The van der Waals surface area contributed by atoms with Crippen molar-refractivity contribution in [3.63, 3.8) is 0 Å². The van der Waals surface area contributed by atoms with Gasteiger partial charge in [0.25, 0.3) is 0 Å². The van der Waals surface area contributed by atoms with Crippen molar-refractivity contribution >= 4 is 5.91 Å². The molecular weight excluding hydrogens is 418 g/mol. The zero-order chi connectivity index (χ0) is 23.2. The number of fused-ring (bicyclic) bond motifs is 1. The fourth-order valence-electron chi connectivity index (χ4n) is 5.46. The van der Waals surface area contributed by atoms with Crippen molar-refractivity contribution in [3.05, 3.63) is 59.2 Å². The lowest BCUT2D eigenvalue weighted by atomic mass is 9.88. The van der Waals surface area contributed by atoms with Crippen molar-refractivity contribution in [1.82, 2.24) is 4.90 Å². The fourth-order valence-corrected chi connectivity index (χ4v) is 5.46. The summed E-state index contributed by atoms with van der Waals surface area (Å²) in [6.45, 7) is 5.22. The Morgan fingerprint density at radius 1 is 1.33 bits per heavy atom. The van der Waals surface area contributed by atoms with Crippen LogP contribution in [0, 0.1) is 24.7 Å². The highest BCUT2D eigenvalue weighted by Gasteiger charge is 2.43. The van der Waals surface area contributed by atoms with E-state index in [1.165, 1.54) is 11.1 Å². The molecule has 1 amide bonds. The summed E-state index contributed by atoms with van der Waals surface area (Å²) in [5.74, 6) is 0.869. The molecule has 1 aliphatic heterocycles. The number of benzene rings is 1. The third kappa shape index (κ3) is 6.54. The number of hydrogen-bond acceptors (Lipinski definition) is 5. The molecule has 1 aromatic carbocycles. The van der Waals surface area contributed by atoms with Crippen molar-refractivity contribution in [3.8, 4) is 0 Å². The Hall–Kier alpha value is -1.99. The Balaban J connectivity index is 1.21. The minimum atomic E-state index is -0.552. The first-order valence-corrected chi connectivity index (χ1v) is 12.2. The van der Waals surface area contributed by atoms with E-state index in [0.717, 1.165) is 24.8 Å². The van der Waals surface area contributed by atoms with Gasteiger partial charge in [0, 0.05) is 25.4 Å². The molecule has 1 saturated carbocycles. The lowest BCUT2D eigenvalue weighted by Gasteiger charge is -2.26. The monoisotopic (exact) mass is 455 g/mol.